The van der Waals surface area contributed by atoms with Gasteiger partial charge in [-0.25, -0.2) is 0 Å². The first-order valence-corrected chi connectivity index (χ1v) is 4.70. The highest BCUT2D eigenvalue weighted by Crippen LogP contribution is 2.00. The van der Waals surface area contributed by atoms with E-state index in [2.05, 4.69) is 4.98 Å². The van der Waals surface area contributed by atoms with Crippen LogP contribution in [0.4, 0.5) is 0 Å². The largest absolute Gasteiger partial charge is 0.336 e. The number of carbonyl (C=O) groups is 1. The minimum absolute atomic E-state index is 0.0569. The highest BCUT2D eigenvalue weighted by Gasteiger charge is 2.13. The third kappa shape index (κ3) is 2.53. The molecule has 2 N–H and O–H groups in total. The maximum atomic E-state index is 11.8. The number of rotatable bonds is 4. The quantitative estimate of drug-likeness (QED) is 0.757. The number of hydrogen-bond donors (Lipinski definition) is 1. The zero-order chi connectivity index (χ0) is 10.4. The zero-order valence-corrected chi connectivity index (χ0v) is 8.31. The standard InChI is InChI=1S/C10H15N3O/c1-2-13(8-6-11)10(14)9-5-3-4-7-12-9/h3-5,7H,2,6,8,11H2,1H3. The van der Waals surface area contributed by atoms with Gasteiger partial charge in [-0.3, -0.25) is 9.78 Å². The molecule has 0 aliphatic heterocycles. The molecule has 0 atom stereocenters. The molecule has 0 aromatic carbocycles. The van der Waals surface area contributed by atoms with Gasteiger partial charge in [0.1, 0.15) is 5.69 Å². The third-order valence-corrected chi connectivity index (χ3v) is 1.95. The molecule has 1 aromatic rings. The monoisotopic (exact) mass is 193 g/mol. The van der Waals surface area contributed by atoms with Gasteiger partial charge in [0.2, 0.25) is 0 Å². The lowest BCUT2D eigenvalue weighted by molar-refractivity contribution is 0.0763. The average Bonchev–Trinajstić information content (AvgIpc) is 2.26. The normalized spacial score (nSPS) is 9.86. The summed E-state index contributed by atoms with van der Waals surface area (Å²) in [5.74, 6) is -0.0569. The van der Waals surface area contributed by atoms with Crippen molar-refractivity contribution in [2.24, 2.45) is 5.73 Å². The fraction of sp³-hybridized carbons (Fsp3) is 0.400. The van der Waals surface area contributed by atoms with E-state index in [0.717, 1.165) is 0 Å². The molecular formula is C10H15N3O. The first-order chi connectivity index (χ1) is 6.79. The number of nitrogens with two attached hydrogens (primary N) is 1. The van der Waals surface area contributed by atoms with E-state index >= 15 is 0 Å². The van der Waals surface area contributed by atoms with Crippen LogP contribution < -0.4 is 5.73 Å². The second kappa shape index (κ2) is 5.34. The van der Waals surface area contributed by atoms with Crippen LogP contribution in [0.5, 0.6) is 0 Å². The van der Waals surface area contributed by atoms with Crippen LogP contribution in [0.3, 0.4) is 0 Å². The summed E-state index contributed by atoms with van der Waals surface area (Å²) < 4.78 is 0. The number of carbonyl (C=O) groups excluding carboxylic acids is 1. The predicted molar refractivity (Wildman–Crippen MR) is 54.9 cm³/mol. The van der Waals surface area contributed by atoms with E-state index in [1.807, 2.05) is 6.92 Å². The van der Waals surface area contributed by atoms with Gasteiger partial charge >= 0.3 is 0 Å². The number of hydrogen-bond acceptors (Lipinski definition) is 3. The van der Waals surface area contributed by atoms with E-state index in [9.17, 15) is 4.79 Å². The summed E-state index contributed by atoms with van der Waals surface area (Å²) in [5, 5.41) is 0. The Morgan fingerprint density at radius 1 is 1.57 bits per heavy atom. The van der Waals surface area contributed by atoms with Crippen molar-refractivity contribution in [1.82, 2.24) is 9.88 Å². The van der Waals surface area contributed by atoms with E-state index in [4.69, 9.17) is 5.73 Å². The SMILES string of the molecule is CCN(CCN)C(=O)c1ccccn1. The van der Waals surface area contributed by atoms with Gasteiger partial charge in [-0.1, -0.05) is 6.07 Å². The molecule has 1 heterocycles. The Bertz CT molecular complexity index is 287. The first kappa shape index (κ1) is 10.7. The molecular weight excluding hydrogens is 178 g/mol. The molecule has 0 bridgehead atoms. The Hall–Kier alpha value is -1.42. The molecule has 0 saturated carbocycles. The van der Waals surface area contributed by atoms with Gasteiger partial charge in [-0.2, -0.15) is 0 Å². The maximum Gasteiger partial charge on any atom is 0.272 e. The Balaban J connectivity index is 2.73. The lowest BCUT2D eigenvalue weighted by Gasteiger charge is -2.19. The number of aromatic nitrogens is 1. The van der Waals surface area contributed by atoms with Crippen molar-refractivity contribution in [3.8, 4) is 0 Å². The fourth-order valence-electron chi connectivity index (χ4n) is 1.21. The predicted octanol–water partition coefficient (Wildman–Crippen LogP) is 0.502. The topological polar surface area (TPSA) is 59.2 Å². The van der Waals surface area contributed by atoms with Crippen LogP contribution >= 0.6 is 0 Å². The molecule has 0 unspecified atom stereocenters. The van der Waals surface area contributed by atoms with E-state index in [1.165, 1.54) is 0 Å². The number of amides is 1. The van der Waals surface area contributed by atoms with Gasteiger partial charge in [0.15, 0.2) is 0 Å². The summed E-state index contributed by atoms with van der Waals surface area (Å²) in [5.41, 5.74) is 5.88. The van der Waals surface area contributed by atoms with Gasteiger partial charge in [0, 0.05) is 25.8 Å². The molecule has 0 aliphatic rings. The average molecular weight is 193 g/mol. The highest BCUT2D eigenvalue weighted by molar-refractivity contribution is 5.92. The number of likely N-dealkylation sites (N-methyl/N-ethyl adjacent to an activating group) is 1. The second-order valence-electron chi connectivity index (χ2n) is 2.89. The van der Waals surface area contributed by atoms with Crippen LogP contribution in [0, 0.1) is 0 Å². The Kier molecular flexibility index (Phi) is 4.07. The number of nitrogens with zero attached hydrogens (tertiary/aromatic N) is 2. The Labute approximate surface area is 83.7 Å². The molecule has 0 spiro atoms. The van der Waals surface area contributed by atoms with Crippen LogP contribution in [0.1, 0.15) is 17.4 Å². The summed E-state index contributed by atoms with van der Waals surface area (Å²) in [4.78, 5) is 17.5. The van der Waals surface area contributed by atoms with Crippen molar-refractivity contribution in [1.29, 1.82) is 0 Å². The van der Waals surface area contributed by atoms with E-state index in [-0.39, 0.29) is 5.91 Å². The Morgan fingerprint density at radius 2 is 2.36 bits per heavy atom. The molecule has 4 nitrogen and oxygen atoms in total. The fourth-order valence-corrected chi connectivity index (χ4v) is 1.21. The van der Waals surface area contributed by atoms with Crippen LogP contribution in [0.2, 0.25) is 0 Å². The molecule has 0 saturated heterocycles. The minimum Gasteiger partial charge on any atom is -0.336 e. The molecule has 4 heteroatoms. The lowest BCUT2D eigenvalue weighted by atomic mass is 10.3. The van der Waals surface area contributed by atoms with E-state index in [0.29, 0.717) is 25.3 Å². The summed E-state index contributed by atoms with van der Waals surface area (Å²) in [6.07, 6.45) is 1.61. The van der Waals surface area contributed by atoms with Gasteiger partial charge in [-0.15, -0.1) is 0 Å². The third-order valence-electron chi connectivity index (χ3n) is 1.95. The van der Waals surface area contributed by atoms with Crippen LogP contribution in [-0.4, -0.2) is 35.4 Å². The smallest absolute Gasteiger partial charge is 0.272 e. The van der Waals surface area contributed by atoms with Gasteiger partial charge in [0.25, 0.3) is 5.91 Å². The molecule has 0 radical (unpaired) electrons. The van der Waals surface area contributed by atoms with Crippen molar-refractivity contribution < 1.29 is 4.79 Å². The van der Waals surface area contributed by atoms with Crippen molar-refractivity contribution >= 4 is 5.91 Å². The summed E-state index contributed by atoms with van der Waals surface area (Å²) in [7, 11) is 0. The van der Waals surface area contributed by atoms with E-state index < -0.39 is 0 Å². The Morgan fingerprint density at radius 3 is 2.86 bits per heavy atom. The molecule has 0 fully saturated rings. The molecule has 1 rings (SSSR count). The highest BCUT2D eigenvalue weighted by atomic mass is 16.2. The summed E-state index contributed by atoms with van der Waals surface area (Å²) >= 11 is 0. The van der Waals surface area contributed by atoms with Crippen molar-refractivity contribution in [2.45, 2.75) is 6.92 Å². The lowest BCUT2D eigenvalue weighted by Crippen LogP contribution is -2.35. The molecule has 76 valence electrons. The van der Waals surface area contributed by atoms with Crippen molar-refractivity contribution in [2.75, 3.05) is 19.6 Å². The zero-order valence-electron chi connectivity index (χ0n) is 8.31. The van der Waals surface area contributed by atoms with Gasteiger partial charge in [-0.05, 0) is 19.1 Å². The molecule has 14 heavy (non-hydrogen) atoms. The van der Waals surface area contributed by atoms with Crippen molar-refractivity contribution in [3.05, 3.63) is 30.1 Å². The van der Waals surface area contributed by atoms with Gasteiger partial charge in [0.05, 0.1) is 0 Å². The number of pyridine rings is 1. The summed E-state index contributed by atoms with van der Waals surface area (Å²) in [6.45, 7) is 3.64. The van der Waals surface area contributed by atoms with Crippen LogP contribution in [0.15, 0.2) is 24.4 Å². The minimum atomic E-state index is -0.0569. The first-order valence-electron chi connectivity index (χ1n) is 4.70. The second-order valence-corrected chi connectivity index (χ2v) is 2.89. The van der Waals surface area contributed by atoms with Crippen molar-refractivity contribution in [3.63, 3.8) is 0 Å². The maximum absolute atomic E-state index is 11.8. The molecule has 1 aromatic heterocycles. The van der Waals surface area contributed by atoms with Crippen LogP contribution in [-0.2, 0) is 0 Å². The molecule has 0 aliphatic carbocycles. The van der Waals surface area contributed by atoms with Gasteiger partial charge < -0.3 is 10.6 Å². The van der Waals surface area contributed by atoms with Crippen LogP contribution in [0.25, 0.3) is 0 Å². The summed E-state index contributed by atoms with van der Waals surface area (Å²) in [6, 6.07) is 5.30. The molecule has 1 amide bonds. The van der Waals surface area contributed by atoms with E-state index in [1.54, 1.807) is 29.3 Å².